The normalized spacial score (nSPS) is 20.2. The zero-order valence-electron chi connectivity index (χ0n) is 6.31. The Bertz CT molecular complexity index is 250. The summed E-state index contributed by atoms with van der Waals surface area (Å²) in [5, 5.41) is 0. The van der Waals surface area contributed by atoms with E-state index in [0.717, 1.165) is 0 Å². The number of hydrogen-bond donors (Lipinski definition) is 0. The lowest BCUT2D eigenvalue weighted by molar-refractivity contribution is 0.247. The maximum Gasteiger partial charge on any atom is 0.227 e. The summed E-state index contributed by atoms with van der Waals surface area (Å²) in [6.45, 7) is 1.97. The van der Waals surface area contributed by atoms with Gasteiger partial charge in [-0.15, -0.1) is 0 Å². The van der Waals surface area contributed by atoms with Crippen LogP contribution in [0, 0.1) is 0 Å². The highest BCUT2D eigenvalue weighted by Gasteiger charge is 2.28. The van der Waals surface area contributed by atoms with Gasteiger partial charge < -0.3 is 4.90 Å². The Labute approximate surface area is 80.2 Å². The summed E-state index contributed by atoms with van der Waals surface area (Å²) < 4.78 is 0. The monoisotopic (exact) mass is 179 g/mol. The van der Waals surface area contributed by atoms with Crippen molar-refractivity contribution >= 4 is 12.4 Å². The Morgan fingerprint density at radius 2 is 1.46 bits per heavy atom. The van der Waals surface area contributed by atoms with Crippen LogP contribution in [0.1, 0.15) is 21.8 Å². The molecule has 2 aliphatic heterocycles. The topological polar surface area (TPSA) is 28.0 Å². The van der Waals surface area contributed by atoms with E-state index >= 15 is 0 Å². The molecule has 0 saturated heterocycles. The summed E-state index contributed by atoms with van der Waals surface area (Å²) in [5.74, 6) is -0.427. The Balaban J connectivity index is 0.000000720. The molecule has 0 aromatic rings. The lowest BCUT2D eigenvalue weighted by Gasteiger charge is -2.34. The van der Waals surface area contributed by atoms with E-state index in [2.05, 4.69) is 9.98 Å². The molecule has 0 aliphatic carbocycles. The molecule has 0 amide bonds. The Hall–Kier alpha value is -1.38. The van der Waals surface area contributed by atoms with Crippen LogP contribution in [0.15, 0.2) is 34.5 Å². The van der Waals surface area contributed by atoms with E-state index in [1.807, 2.05) is 36.4 Å². The third-order valence-corrected chi connectivity index (χ3v) is 1.79. The first-order valence-corrected chi connectivity index (χ1v) is 3.54. The molecule has 0 aromatic heterocycles. The first-order valence-electron chi connectivity index (χ1n) is 3.54. The smallest absolute Gasteiger partial charge is 0.227 e. The van der Waals surface area contributed by atoms with Gasteiger partial charge in [-0.25, -0.2) is 9.98 Å². The molecule has 0 aromatic carbocycles. The second-order valence-electron chi connectivity index (χ2n) is 2.62. The van der Waals surface area contributed by atoms with Gasteiger partial charge in [0.2, 0.25) is 5.79 Å². The van der Waals surface area contributed by atoms with Crippen LogP contribution >= 0.6 is 0 Å². The largest absolute Gasteiger partial charge is 0.311 e. The molecule has 2 aliphatic rings. The molecule has 13 heavy (non-hydrogen) atoms. The van der Waals surface area contributed by atoms with Gasteiger partial charge in [-0.2, -0.15) is 0 Å². The Morgan fingerprint density at radius 3 is 1.85 bits per heavy atom. The fraction of sp³-hybridized carbons (Fsp3) is 0.400. The second-order valence-corrected chi connectivity index (χ2v) is 2.62. The molecule has 0 atom stereocenters. The van der Waals surface area contributed by atoms with Crippen molar-refractivity contribution in [1.29, 1.82) is 0 Å². The van der Waals surface area contributed by atoms with E-state index in [4.69, 9.17) is 0 Å². The summed E-state index contributed by atoms with van der Waals surface area (Å²) in [5.41, 5.74) is 0. The van der Waals surface area contributed by atoms with E-state index < -0.39 is 5.79 Å². The fourth-order valence-electron chi connectivity index (χ4n) is 1.13. The summed E-state index contributed by atoms with van der Waals surface area (Å²) in [7, 11) is 0. The van der Waals surface area contributed by atoms with Crippen LogP contribution in [-0.4, -0.2) is 23.1 Å². The lowest BCUT2D eigenvalue weighted by atomic mass is 10.3. The van der Waals surface area contributed by atoms with E-state index in [0.29, 0.717) is 0 Å². The van der Waals surface area contributed by atoms with Crippen LogP contribution in [0.4, 0.5) is 0 Å². The molecule has 2 rings (SSSR count). The summed E-state index contributed by atoms with van der Waals surface area (Å²) in [6, 6.07) is 0. The molecule has 3 nitrogen and oxygen atoms in total. The lowest BCUT2D eigenvalue weighted by Crippen LogP contribution is -2.39. The second kappa shape index (κ2) is 4.03. The standard InChI is InChI=1S/C8H9N3.2CH4/c1-8-9-4-2-6-11(8)7-3-5-10-8;;/h2-7H,1H3;2*1H4. The molecule has 2 heterocycles. The number of allylic oxidation sites excluding steroid dienone is 2. The highest BCUT2D eigenvalue weighted by atomic mass is 15.4. The first kappa shape index (κ1) is 11.6. The van der Waals surface area contributed by atoms with Crippen molar-refractivity contribution < 1.29 is 0 Å². The van der Waals surface area contributed by atoms with Crippen molar-refractivity contribution in [2.45, 2.75) is 27.6 Å². The molecule has 0 bridgehead atoms. The van der Waals surface area contributed by atoms with E-state index in [9.17, 15) is 0 Å². The van der Waals surface area contributed by atoms with Gasteiger partial charge in [-0.1, -0.05) is 14.9 Å². The van der Waals surface area contributed by atoms with Crippen LogP contribution in [-0.2, 0) is 0 Å². The minimum Gasteiger partial charge on any atom is -0.311 e. The minimum atomic E-state index is -0.427. The number of rotatable bonds is 0. The van der Waals surface area contributed by atoms with Crippen molar-refractivity contribution in [2.24, 2.45) is 9.98 Å². The van der Waals surface area contributed by atoms with Gasteiger partial charge in [-0.05, 0) is 12.2 Å². The zero-order chi connectivity index (χ0) is 7.73. The minimum absolute atomic E-state index is 0. The van der Waals surface area contributed by atoms with Gasteiger partial charge in [0, 0.05) is 31.8 Å². The number of fused-ring (bicyclic) bond motifs is 1. The third kappa shape index (κ3) is 1.86. The fourth-order valence-corrected chi connectivity index (χ4v) is 1.13. The molecule has 0 fully saturated rings. The average molecular weight is 179 g/mol. The zero-order valence-corrected chi connectivity index (χ0v) is 6.31. The third-order valence-electron chi connectivity index (χ3n) is 1.79. The Kier molecular flexibility index (Phi) is 3.60. The first-order chi connectivity index (χ1) is 5.31. The van der Waals surface area contributed by atoms with Gasteiger partial charge in [0.25, 0.3) is 0 Å². The molecule has 0 unspecified atom stereocenters. The van der Waals surface area contributed by atoms with Crippen molar-refractivity contribution in [2.75, 3.05) is 0 Å². The van der Waals surface area contributed by atoms with Crippen molar-refractivity contribution in [1.82, 2.24) is 4.90 Å². The maximum atomic E-state index is 4.25. The predicted molar refractivity (Wildman–Crippen MR) is 59.0 cm³/mol. The van der Waals surface area contributed by atoms with Gasteiger partial charge in [0.05, 0.1) is 0 Å². The average Bonchev–Trinajstić information content (AvgIpc) is 2.03. The van der Waals surface area contributed by atoms with Gasteiger partial charge in [-0.3, -0.25) is 0 Å². The van der Waals surface area contributed by atoms with Gasteiger partial charge >= 0.3 is 0 Å². The summed E-state index contributed by atoms with van der Waals surface area (Å²) in [6.07, 6.45) is 11.2. The van der Waals surface area contributed by atoms with E-state index in [1.54, 1.807) is 12.4 Å². The van der Waals surface area contributed by atoms with Crippen LogP contribution in [0.3, 0.4) is 0 Å². The Morgan fingerprint density at radius 1 is 1.00 bits per heavy atom. The van der Waals surface area contributed by atoms with Gasteiger partial charge in [0.15, 0.2) is 0 Å². The van der Waals surface area contributed by atoms with Crippen LogP contribution in [0.2, 0.25) is 0 Å². The van der Waals surface area contributed by atoms with Crippen molar-refractivity contribution in [3.05, 3.63) is 24.6 Å². The number of nitrogens with zero attached hydrogens (tertiary/aromatic N) is 3. The molecule has 72 valence electrons. The molecule has 0 N–H and O–H groups in total. The number of aliphatic imine (C=N–C) groups is 2. The van der Waals surface area contributed by atoms with E-state index in [-0.39, 0.29) is 14.9 Å². The van der Waals surface area contributed by atoms with E-state index in [1.165, 1.54) is 0 Å². The van der Waals surface area contributed by atoms with Crippen LogP contribution in [0.25, 0.3) is 0 Å². The molecular weight excluding hydrogens is 162 g/mol. The molecule has 0 radical (unpaired) electrons. The molecular formula is C10H17N3. The van der Waals surface area contributed by atoms with Crippen LogP contribution in [0.5, 0.6) is 0 Å². The molecule has 0 saturated carbocycles. The summed E-state index contributed by atoms with van der Waals surface area (Å²) in [4.78, 5) is 10.5. The highest BCUT2D eigenvalue weighted by Crippen LogP contribution is 2.23. The van der Waals surface area contributed by atoms with Crippen LogP contribution < -0.4 is 0 Å². The maximum absolute atomic E-state index is 4.25. The van der Waals surface area contributed by atoms with Crippen molar-refractivity contribution in [3.63, 3.8) is 0 Å². The highest BCUT2D eigenvalue weighted by molar-refractivity contribution is 5.76. The van der Waals surface area contributed by atoms with Gasteiger partial charge in [0.1, 0.15) is 0 Å². The van der Waals surface area contributed by atoms with Crippen molar-refractivity contribution in [3.8, 4) is 0 Å². The molecule has 3 heteroatoms. The molecule has 0 spiro atoms. The quantitative estimate of drug-likeness (QED) is 0.561. The summed E-state index contributed by atoms with van der Waals surface area (Å²) >= 11 is 0. The number of hydrogen-bond acceptors (Lipinski definition) is 3. The SMILES string of the molecule is C.C.CC12N=CC=CN1C=CC=N2. The predicted octanol–water partition coefficient (Wildman–Crippen LogP) is 2.43.